The predicted molar refractivity (Wildman–Crippen MR) is 64.5 cm³/mol. The van der Waals surface area contributed by atoms with Gasteiger partial charge in [0.15, 0.2) is 5.78 Å². The Morgan fingerprint density at radius 1 is 1.12 bits per heavy atom. The number of hydrogen-bond donors (Lipinski definition) is 0. The van der Waals surface area contributed by atoms with E-state index in [1.807, 2.05) is 48.5 Å². The van der Waals surface area contributed by atoms with Crippen molar-refractivity contribution < 1.29 is 4.79 Å². The summed E-state index contributed by atoms with van der Waals surface area (Å²) in [6.07, 6.45) is 0.796. The zero-order chi connectivity index (χ0) is 11.4. The van der Waals surface area contributed by atoms with Crippen LogP contribution in [0.5, 0.6) is 0 Å². The van der Waals surface area contributed by atoms with Gasteiger partial charge in [-0.1, -0.05) is 48.5 Å². The molecule has 0 saturated carbocycles. The van der Waals surface area contributed by atoms with Gasteiger partial charge in [-0.25, -0.2) is 0 Å². The second-order valence-corrected chi connectivity index (χ2v) is 3.80. The highest BCUT2D eigenvalue weighted by molar-refractivity contribution is 5.95. The van der Waals surface area contributed by atoms with Crippen molar-refractivity contribution in [2.45, 2.75) is 13.3 Å². The van der Waals surface area contributed by atoms with Gasteiger partial charge in [-0.15, -0.1) is 0 Å². The molecule has 0 aliphatic rings. The predicted octanol–water partition coefficient (Wildman–Crippen LogP) is 3.28. The summed E-state index contributed by atoms with van der Waals surface area (Å²) in [4.78, 5) is 11.5. The van der Waals surface area contributed by atoms with Crippen LogP contribution in [-0.2, 0) is 6.42 Å². The third-order valence-electron chi connectivity index (χ3n) is 2.58. The third-order valence-corrected chi connectivity index (χ3v) is 2.58. The molecule has 1 nitrogen and oxygen atoms in total. The van der Waals surface area contributed by atoms with E-state index in [0.29, 0.717) is 0 Å². The van der Waals surface area contributed by atoms with Crippen LogP contribution in [0, 0.1) is 6.07 Å². The molecular formula is C15H13O. The molecule has 0 aliphatic carbocycles. The molecule has 0 N–H and O–H groups in total. The fourth-order valence-corrected chi connectivity index (χ4v) is 1.78. The van der Waals surface area contributed by atoms with Crippen molar-refractivity contribution in [1.29, 1.82) is 0 Å². The van der Waals surface area contributed by atoms with Crippen LogP contribution in [0.4, 0.5) is 0 Å². The quantitative estimate of drug-likeness (QED) is 0.709. The molecule has 0 unspecified atom stereocenters. The highest BCUT2D eigenvalue weighted by Gasteiger charge is 2.06. The molecule has 79 valence electrons. The maximum Gasteiger partial charge on any atom is 0.160 e. The van der Waals surface area contributed by atoms with Gasteiger partial charge < -0.3 is 0 Å². The minimum Gasteiger partial charge on any atom is -0.295 e. The van der Waals surface area contributed by atoms with Crippen molar-refractivity contribution in [3.8, 4) is 0 Å². The minimum atomic E-state index is 0.123. The van der Waals surface area contributed by atoms with Gasteiger partial charge in [0, 0.05) is 5.56 Å². The van der Waals surface area contributed by atoms with Crippen LogP contribution in [0.15, 0.2) is 48.5 Å². The van der Waals surface area contributed by atoms with E-state index >= 15 is 0 Å². The number of rotatable bonds is 3. The summed E-state index contributed by atoms with van der Waals surface area (Å²) in [6, 6.07) is 18.6. The lowest BCUT2D eigenvalue weighted by Crippen LogP contribution is -1.99. The Kier molecular flexibility index (Phi) is 3.16. The average Bonchev–Trinajstić information content (AvgIpc) is 2.31. The molecule has 0 saturated heterocycles. The number of ketones is 1. The van der Waals surface area contributed by atoms with E-state index in [-0.39, 0.29) is 5.78 Å². The standard InChI is InChI=1S/C15H13O/c1-12(16)15-10-6-5-9-14(15)11-13-7-3-2-4-8-13/h3-10H,11H2,1H3. The van der Waals surface area contributed by atoms with Crippen molar-refractivity contribution in [2.75, 3.05) is 0 Å². The number of benzene rings is 2. The van der Waals surface area contributed by atoms with Crippen molar-refractivity contribution in [3.05, 3.63) is 71.3 Å². The number of carbonyl (C=O) groups excluding carboxylic acids is 1. The van der Waals surface area contributed by atoms with Crippen molar-refractivity contribution in [2.24, 2.45) is 0 Å². The first-order chi connectivity index (χ1) is 7.77. The first kappa shape index (κ1) is 10.6. The van der Waals surface area contributed by atoms with E-state index in [0.717, 1.165) is 17.5 Å². The number of Topliss-reactive ketones (excluding diaryl/α,β-unsaturated/α-hetero) is 1. The smallest absolute Gasteiger partial charge is 0.160 e. The fourth-order valence-electron chi connectivity index (χ4n) is 1.78. The molecule has 2 aromatic rings. The second kappa shape index (κ2) is 4.75. The van der Waals surface area contributed by atoms with Crippen LogP contribution >= 0.6 is 0 Å². The normalized spacial score (nSPS) is 10.1. The summed E-state index contributed by atoms with van der Waals surface area (Å²) in [5.74, 6) is 0.123. The van der Waals surface area contributed by atoms with E-state index in [9.17, 15) is 4.79 Å². The lowest BCUT2D eigenvalue weighted by molar-refractivity contribution is 0.101. The molecule has 0 bridgehead atoms. The summed E-state index contributed by atoms with van der Waals surface area (Å²) < 4.78 is 0. The molecule has 2 rings (SSSR count). The van der Waals surface area contributed by atoms with Gasteiger partial charge in [0.1, 0.15) is 0 Å². The summed E-state index contributed by atoms with van der Waals surface area (Å²) in [7, 11) is 0. The van der Waals surface area contributed by atoms with Gasteiger partial charge in [-0.2, -0.15) is 0 Å². The largest absolute Gasteiger partial charge is 0.295 e. The number of carbonyl (C=O) groups is 1. The molecule has 1 heteroatoms. The van der Waals surface area contributed by atoms with Crippen molar-refractivity contribution in [3.63, 3.8) is 0 Å². The Bertz CT molecular complexity index is 486. The highest BCUT2D eigenvalue weighted by Crippen LogP contribution is 2.14. The summed E-state index contributed by atoms with van der Waals surface area (Å²) in [5, 5.41) is 0. The molecule has 0 aromatic heterocycles. The van der Waals surface area contributed by atoms with Crippen molar-refractivity contribution >= 4 is 5.78 Å². The molecule has 1 radical (unpaired) electrons. The highest BCUT2D eigenvalue weighted by atomic mass is 16.1. The van der Waals surface area contributed by atoms with Crippen LogP contribution in [0.3, 0.4) is 0 Å². The Morgan fingerprint density at radius 3 is 2.50 bits per heavy atom. The van der Waals surface area contributed by atoms with E-state index < -0.39 is 0 Å². The second-order valence-electron chi connectivity index (χ2n) is 3.80. The molecule has 16 heavy (non-hydrogen) atoms. The molecule has 0 aliphatic heterocycles. The summed E-state index contributed by atoms with van der Waals surface area (Å²) in [6.45, 7) is 1.61. The maximum absolute atomic E-state index is 11.5. The van der Waals surface area contributed by atoms with Crippen LogP contribution < -0.4 is 0 Å². The molecule has 0 spiro atoms. The number of hydrogen-bond acceptors (Lipinski definition) is 1. The first-order valence-electron chi connectivity index (χ1n) is 5.31. The molecule has 0 heterocycles. The van der Waals surface area contributed by atoms with Gasteiger partial charge in [-0.05, 0) is 30.5 Å². The zero-order valence-electron chi connectivity index (χ0n) is 9.23. The lowest BCUT2D eigenvalue weighted by atomic mass is 9.98. The molecular weight excluding hydrogens is 196 g/mol. The Hall–Kier alpha value is -1.89. The van der Waals surface area contributed by atoms with Gasteiger partial charge in [0.2, 0.25) is 0 Å². The summed E-state index contributed by atoms with van der Waals surface area (Å²) in [5.41, 5.74) is 3.10. The Labute approximate surface area is 95.7 Å². The minimum absolute atomic E-state index is 0.123. The zero-order valence-corrected chi connectivity index (χ0v) is 9.23. The van der Waals surface area contributed by atoms with Gasteiger partial charge in [0.05, 0.1) is 0 Å². The summed E-state index contributed by atoms with van der Waals surface area (Å²) >= 11 is 0. The van der Waals surface area contributed by atoms with E-state index in [1.54, 1.807) is 6.92 Å². The van der Waals surface area contributed by atoms with Gasteiger partial charge >= 0.3 is 0 Å². The van der Waals surface area contributed by atoms with Crippen LogP contribution in [0.25, 0.3) is 0 Å². The van der Waals surface area contributed by atoms with Gasteiger partial charge in [-0.3, -0.25) is 4.79 Å². The fraction of sp³-hybridized carbons (Fsp3) is 0.133. The molecule has 0 amide bonds. The topological polar surface area (TPSA) is 17.1 Å². The van der Waals surface area contributed by atoms with Gasteiger partial charge in [0.25, 0.3) is 0 Å². The molecule has 2 aromatic carbocycles. The third kappa shape index (κ3) is 2.37. The maximum atomic E-state index is 11.5. The average molecular weight is 209 g/mol. The first-order valence-corrected chi connectivity index (χ1v) is 5.31. The van der Waals surface area contributed by atoms with Crippen LogP contribution in [0.1, 0.15) is 28.4 Å². The molecule has 0 fully saturated rings. The SMILES string of the molecule is CC(=O)c1ccccc1Cc1cc[c]cc1. The van der Waals surface area contributed by atoms with Crippen LogP contribution in [0.2, 0.25) is 0 Å². The van der Waals surface area contributed by atoms with E-state index in [4.69, 9.17) is 0 Å². The molecule has 0 atom stereocenters. The van der Waals surface area contributed by atoms with E-state index in [1.165, 1.54) is 5.56 Å². The van der Waals surface area contributed by atoms with Crippen molar-refractivity contribution in [1.82, 2.24) is 0 Å². The van der Waals surface area contributed by atoms with Crippen LogP contribution in [-0.4, -0.2) is 5.78 Å². The Morgan fingerprint density at radius 2 is 1.81 bits per heavy atom. The monoisotopic (exact) mass is 209 g/mol. The van der Waals surface area contributed by atoms with E-state index in [2.05, 4.69) is 6.07 Å². The lowest BCUT2D eigenvalue weighted by Gasteiger charge is -2.06. The Balaban J connectivity index is 2.31.